The molecule has 1 amide bonds. The predicted molar refractivity (Wildman–Crippen MR) is 114 cm³/mol. The van der Waals surface area contributed by atoms with Gasteiger partial charge < -0.3 is 4.42 Å². The van der Waals surface area contributed by atoms with E-state index < -0.39 is 5.25 Å². The maximum Gasteiger partial charge on any atom is 0.239 e. The van der Waals surface area contributed by atoms with Crippen molar-refractivity contribution in [2.75, 3.05) is 5.32 Å². The lowest BCUT2D eigenvalue weighted by molar-refractivity contribution is -0.115. The van der Waals surface area contributed by atoms with E-state index in [1.165, 1.54) is 23.1 Å². The van der Waals surface area contributed by atoms with Gasteiger partial charge in [-0.25, -0.2) is 0 Å². The summed E-state index contributed by atoms with van der Waals surface area (Å²) < 4.78 is 7.81. The minimum Gasteiger partial charge on any atom is -0.453 e. The molecule has 0 saturated heterocycles. The molecular formula is C19H18N6O2S2. The Bertz CT molecular complexity index is 1150. The van der Waals surface area contributed by atoms with Gasteiger partial charge in [-0.2, -0.15) is 0 Å². The lowest BCUT2D eigenvalue weighted by Crippen LogP contribution is -2.22. The van der Waals surface area contributed by atoms with Crippen molar-refractivity contribution in [1.29, 1.82) is 0 Å². The second kappa shape index (κ2) is 8.18. The number of hydrogen-bond acceptors (Lipinski definition) is 8. The van der Waals surface area contributed by atoms with Crippen molar-refractivity contribution in [3.8, 4) is 11.6 Å². The number of aromatic nitrogens is 5. The van der Waals surface area contributed by atoms with Crippen LogP contribution in [0, 0.1) is 6.92 Å². The van der Waals surface area contributed by atoms with Gasteiger partial charge >= 0.3 is 0 Å². The number of thioether (sulfide) groups is 1. The molecule has 0 radical (unpaired) electrons. The van der Waals surface area contributed by atoms with Crippen LogP contribution in [0.2, 0.25) is 0 Å². The molecular weight excluding hydrogens is 408 g/mol. The summed E-state index contributed by atoms with van der Waals surface area (Å²) in [5.41, 5.74) is 0.782. The van der Waals surface area contributed by atoms with Crippen LogP contribution in [0.25, 0.3) is 22.6 Å². The van der Waals surface area contributed by atoms with Crippen LogP contribution in [0.15, 0.2) is 52.6 Å². The number of carbonyl (C=O) groups excluding carboxylic acids is 1. The zero-order valence-corrected chi connectivity index (χ0v) is 17.5. The molecule has 1 N–H and O–H groups in total. The van der Waals surface area contributed by atoms with Gasteiger partial charge in [0.15, 0.2) is 10.9 Å². The highest BCUT2D eigenvalue weighted by Gasteiger charge is 2.22. The number of hydrogen-bond donors (Lipinski definition) is 1. The molecule has 0 bridgehead atoms. The molecule has 3 heterocycles. The molecule has 0 fully saturated rings. The largest absolute Gasteiger partial charge is 0.453 e. The first kappa shape index (κ1) is 19.3. The summed E-state index contributed by atoms with van der Waals surface area (Å²) in [7, 11) is 0. The zero-order chi connectivity index (χ0) is 20.4. The number of carbonyl (C=O) groups is 1. The van der Waals surface area contributed by atoms with Crippen LogP contribution >= 0.6 is 23.1 Å². The maximum atomic E-state index is 12.5. The molecule has 0 unspecified atom stereocenters. The van der Waals surface area contributed by atoms with Crippen molar-refractivity contribution >= 4 is 45.1 Å². The van der Waals surface area contributed by atoms with E-state index >= 15 is 0 Å². The van der Waals surface area contributed by atoms with Gasteiger partial charge in [-0.15, -0.1) is 27.0 Å². The molecule has 8 nitrogen and oxygen atoms in total. The topological polar surface area (TPSA) is 98.7 Å². The molecule has 0 spiro atoms. The van der Waals surface area contributed by atoms with Crippen LogP contribution in [0.3, 0.4) is 0 Å². The number of amides is 1. The van der Waals surface area contributed by atoms with Crippen LogP contribution in [-0.2, 0) is 11.3 Å². The summed E-state index contributed by atoms with van der Waals surface area (Å²) in [4.78, 5) is 12.5. The lowest BCUT2D eigenvalue weighted by atomic mass is 10.2. The molecule has 4 rings (SSSR count). The quantitative estimate of drug-likeness (QED) is 0.350. The minimum absolute atomic E-state index is 0.176. The fourth-order valence-electron chi connectivity index (χ4n) is 2.71. The average molecular weight is 427 g/mol. The number of nitrogens with zero attached hydrogens (tertiary/aromatic N) is 5. The second-order valence-electron chi connectivity index (χ2n) is 6.23. The fraction of sp³-hybridized carbons (Fsp3) is 0.211. The standard InChI is InChI=1S/C19H18N6O2S2/c1-4-9-25-16(15-10-13-7-5-6-8-14(13)27-15)22-24-19(25)28-11(2)17(26)20-18-23-21-12(3)29-18/h4-8,10-11H,1,9H2,2-3H3,(H,20,23,26)/t11-/m0/s1. The number of anilines is 1. The summed E-state index contributed by atoms with van der Waals surface area (Å²) in [5.74, 6) is 1.04. The van der Waals surface area contributed by atoms with Crippen LogP contribution in [0.5, 0.6) is 0 Å². The van der Waals surface area contributed by atoms with Crippen molar-refractivity contribution in [3.63, 3.8) is 0 Å². The molecule has 4 aromatic rings. The highest BCUT2D eigenvalue weighted by molar-refractivity contribution is 8.00. The van der Waals surface area contributed by atoms with E-state index in [1.807, 2.05) is 48.7 Å². The first-order chi connectivity index (χ1) is 14.0. The van der Waals surface area contributed by atoms with Crippen molar-refractivity contribution in [1.82, 2.24) is 25.0 Å². The monoisotopic (exact) mass is 426 g/mol. The Morgan fingerprint density at radius 2 is 2.17 bits per heavy atom. The summed E-state index contributed by atoms with van der Waals surface area (Å²) >= 11 is 2.64. The number of fused-ring (bicyclic) bond motifs is 1. The molecule has 148 valence electrons. The molecule has 0 saturated carbocycles. The average Bonchev–Trinajstić information content (AvgIpc) is 3.41. The number of nitrogens with one attached hydrogen (secondary N) is 1. The third kappa shape index (κ3) is 4.08. The van der Waals surface area contributed by atoms with Gasteiger partial charge in [0, 0.05) is 11.9 Å². The molecule has 3 aromatic heterocycles. The van der Waals surface area contributed by atoms with Crippen molar-refractivity contribution in [2.45, 2.75) is 30.8 Å². The Labute approximate surface area is 175 Å². The van der Waals surface area contributed by atoms with Crippen molar-refractivity contribution in [3.05, 3.63) is 48.0 Å². The van der Waals surface area contributed by atoms with Crippen LogP contribution < -0.4 is 5.32 Å². The minimum atomic E-state index is -0.407. The number of rotatable bonds is 7. The van der Waals surface area contributed by atoms with Gasteiger partial charge in [0.2, 0.25) is 16.9 Å². The Kier molecular flexibility index (Phi) is 5.45. The van der Waals surface area contributed by atoms with Crippen LogP contribution in [0.4, 0.5) is 5.13 Å². The summed E-state index contributed by atoms with van der Waals surface area (Å²) in [6.45, 7) is 7.95. The van der Waals surface area contributed by atoms with Gasteiger partial charge in [0.25, 0.3) is 0 Å². The SMILES string of the molecule is C=CCn1c(S[C@@H](C)C(=O)Nc2nnc(C)s2)nnc1-c1cc2ccccc2o1. The molecule has 1 aromatic carbocycles. The number of allylic oxidation sites excluding steroid dienone is 1. The molecule has 0 aliphatic carbocycles. The van der Waals surface area contributed by atoms with Crippen molar-refractivity contribution in [2.24, 2.45) is 0 Å². The van der Waals surface area contributed by atoms with Crippen LogP contribution in [0.1, 0.15) is 11.9 Å². The Morgan fingerprint density at radius 1 is 1.34 bits per heavy atom. The number of furan rings is 1. The normalized spacial score (nSPS) is 12.2. The lowest BCUT2D eigenvalue weighted by Gasteiger charge is -2.11. The van der Waals surface area contributed by atoms with Gasteiger partial charge in [0.1, 0.15) is 10.6 Å². The van der Waals surface area contributed by atoms with E-state index in [1.54, 1.807) is 6.08 Å². The van der Waals surface area contributed by atoms with Crippen molar-refractivity contribution < 1.29 is 9.21 Å². The predicted octanol–water partition coefficient (Wildman–Crippen LogP) is 4.16. The number of benzene rings is 1. The van der Waals surface area contributed by atoms with Gasteiger partial charge in [-0.1, -0.05) is 47.4 Å². The number of aryl methyl sites for hydroxylation is 1. The van der Waals surface area contributed by atoms with Gasteiger partial charge in [-0.3, -0.25) is 14.7 Å². The summed E-state index contributed by atoms with van der Waals surface area (Å²) in [5, 5.41) is 21.7. The third-order valence-electron chi connectivity index (χ3n) is 4.08. The highest BCUT2D eigenvalue weighted by Crippen LogP contribution is 2.31. The molecule has 10 heteroatoms. The molecule has 0 aliphatic heterocycles. The second-order valence-corrected chi connectivity index (χ2v) is 8.72. The van der Waals surface area contributed by atoms with E-state index in [-0.39, 0.29) is 5.91 Å². The van der Waals surface area contributed by atoms with Gasteiger partial charge in [-0.05, 0) is 26.0 Å². The van der Waals surface area contributed by atoms with E-state index in [0.717, 1.165) is 16.0 Å². The molecule has 1 atom stereocenters. The first-order valence-electron chi connectivity index (χ1n) is 8.86. The Morgan fingerprint density at radius 3 is 2.90 bits per heavy atom. The third-order valence-corrected chi connectivity index (χ3v) is 5.92. The Hall–Kier alpha value is -2.98. The van der Waals surface area contributed by atoms with Crippen LogP contribution in [-0.4, -0.2) is 36.1 Å². The number of para-hydroxylation sites is 1. The molecule has 0 aliphatic rings. The first-order valence-corrected chi connectivity index (χ1v) is 10.6. The summed E-state index contributed by atoms with van der Waals surface area (Å²) in [6, 6.07) is 9.70. The maximum absolute atomic E-state index is 12.5. The summed E-state index contributed by atoms with van der Waals surface area (Å²) in [6.07, 6.45) is 1.76. The fourth-order valence-corrected chi connectivity index (χ4v) is 4.16. The van der Waals surface area contributed by atoms with E-state index in [2.05, 4.69) is 32.3 Å². The smallest absolute Gasteiger partial charge is 0.239 e. The van der Waals surface area contributed by atoms with E-state index in [0.29, 0.717) is 28.4 Å². The van der Waals surface area contributed by atoms with E-state index in [4.69, 9.17) is 4.42 Å². The Balaban J connectivity index is 1.57. The van der Waals surface area contributed by atoms with Gasteiger partial charge in [0.05, 0.1) is 5.25 Å². The highest BCUT2D eigenvalue weighted by atomic mass is 32.2. The zero-order valence-electron chi connectivity index (χ0n) is 15.8. The molecule has 29 heavy (non-hydrogen) atoms. The van der Waals surface area contributed by atoms with E-state index in [9.17, 15) is 4.79 Å².